The van der Waals surface area contributed by atoms with Crippen LogP contribution in [0.15, 0.2) is 155 Å². The molecule has 8 aromatic rings. The molecule has 42 heavy (non-hydrogen) atoms. The van der Waals surface area contributed by atoms with Crippen LogP contribution in [0.1, 0.15) is 0 Å². The van der Waals surface area contributed by atoms with Crippen molar-refractivity contribution in [3.8, 4) is 33.4 Å². The lowest BCUT2D eigenvalue weighted by Crippen LogP contribution is -1.95. The maximum Gasteiger partial charge on any atom is 0.0332 e. The van der Waals surface area contributed by atoms with Crippen molar-refractivity contribution in [3.05, 3.63) is 155 Å². The molecule has 0 aliphatic rings. The minimum absolute atomic E-state index is 1.12. The van der Waals surface area contributed by atoms with E-state index in [0.29, 0.717) is 0 Å². The summed E-state index contributed by atoms with van der Waals surface area (Å²) in [6.07, 6.45) is 0. The minimum Gasteiger partial charge on any atom is -0.0622 e. The second kappa shape index (κ2) is 10.2. The minimum atomic E-state index is 1.12. The van der Waals surface area contributed by atoms with E-state index in [1.165, 1.54) is 76.5 Å². The standard InChI is InChI=1S/C40H24Br2/c41-39-31-20-10-7-17-28(31)36(29-18-8-11-21-32(29)39)37-30-19-9-12-22-33(30)40(42)34-24-23-27(25-13-3-1-4-14-25)35(38(34)37)26-15-5-2-6-16-26/h1-24H. The molecule has 0 bridgehead atoms. The Bertz CT molecular complexity index is 2250. The van der Waals surface area contributed by atoms with Gasteiger partial charge in [0.2, 0.25) is 0 Å². The van der Waals surface area contributed by atoms with E-state index in [9.17, 15) is 0 Å². The van der Waals surface area contributed by atoms with E-state index in [-0.39, 0.29) is 0 Å². The largest absolute Gasteiger partial charge is 0.0622 e. The van der Waals surface area contributed by atoms with Gasteiger partial charge in [-0.05, 0) is 108 Å². The number of hydrogen-bond acceptors (Lipinski definition) is 0. The molecule has 0 unspecified atom stereocenters. The van der Waals surface area contributed by atoms with Gasteiger partial charge in [-0.25, -0.2) is 0 Å². The van der Waals surface area contributed by atoms with E-state index in [0.717, 1.165) is 8.95 Å². The molecule has 0 spiro atoms. The lowest BCUT2D eigenvalue weighted by atomic mass is 9.81. The Morgan fingerprint density at radius 3 is 1.21 bits per heavy atom. The Kier molecular flexibility index (Phi) is 6.21. The van der Waals surface area contributed by atoms with Crippen molar-refractivity contribution in [3.63, 3.8) is 0 Å². The molecule has 0 aromatic heterocycles. The first-order valence-electron chi connectivity index (χ1n) is 14.1. The fourth-order valence-electron chi connectivity index (χ4n) is 6.58. The van der Waals surface area contributed by atoms with Crippen molar-refractivity contribution < 1.29 is 0 Å². The second-order valence-electron chi connectivity index (χ2n) is 10.7. The summed E-state index contributed by atoms with van der Waals surface area (Å²) in [6, 6.07) is 52.6. The summed E-state index contributed by atoms with van der Waals surface area (Å²) < 4.78 is 2.26. The van der Waals surface area contributed by atoms with Gasteiger partial charge in [-0.1, -0.05) is 146 Å². The van der Waals surface area contributed by atoms with Gasteiger partial charge in [-0.3, -0.25) is 0 Å². The summed E-state index contributed by atoms with van der Waals surface area (Å²) in [5.41, 5.74) is 7.41. The summed E-state index contributed by atoms with van der Waals surface area (Å²) >= 11 is 8.07. The van der Waals surface area contributed by atoms with E-state index in [2.05, 4.69) is 177 Å². The SMILES string of the molecule is Brc1c2ccccc2c(-c2c3ccccc3c(Br)c3ccc(-c4ccccc4)c(-c4ccccc4)c23)c2ccccc12. The van der Waals surface area contributed by atoms with Crippen LogP contribution in [0.2, 0.25) is 0 Å². The molecule has 0 aliphatic heterocycles. The van der Waals surface area contributed by atoms with Crippen LogP contribution < -0.4 is 0 Å². The summed E-state index contributed by atoms with van der Waals surface area (Å²) in [4.78, 5) is 0. The van der Waals surface area contributed by atoms with Crippen LogP contribution in [-0.4, -0.2) is 0 Å². The summed E-state index contributed by atoms with van der Waals surface area (Å²) in [7, 11) is 0. The van der Waals surface area contributed by atoms with Gasteiger partial charge in [0.25, 0.3) is 0 Å². The van der Waals surface area contributed by atoms with E-state index >= 15 is 0 Å². The molecule has 0 amide bonds. The van der Waals surface area contributed by atoms with Crippen LogP contribution in [0, 0.1) is 0 Å². The van der Waals surface area contributed by atoms with Gasteiger partial charge in [-0.15, -0.1) is 0 Å². The maximum atomic E-state index is 4.08. The lowest BCUT2D eigenvalue weighted by Gasteiger charge is -2.23. The molecule has 0 saturated heterocycles. The number of rotatable bonds is 3. The quantitative estimate of drug-likeness (QED) is 0.165. The third kappa shape index (κ3) is 3.86. The summed E-state index contributed by atoms with van der Waals surface area (Å²) in [6.45, 7) is 0. The fourth-order valence-corrected chi connectivity index (χ4v) is 7.95. The number of halogens is 2. The Morgan fingerprint density at radius 2 is 0.690 bits per heavy atom. The Hall–Kier alpha value is -4.24. The Morgan fingerprint density at radius 1 is 0.286 bits per heavy atom. The monoisotopic (exact) mass is 662 g/mol. The molecule has 8 aromatic carbocycles. The molecule has 0 nitrogen and oxygen atoms in total. The zero-order chi connectivity index (χ0) is 28.2. The zero-order valence-electron chi connectivity index (χ0n) is 22.6. The molecule has 0 radical (unpaired) electrons. The van der Waals surface area contributed by atoms with Crippen molar-refractivity contribution >= 4 is 74.9 Å². The van der Waals surface area contributed by atoms with Gasteiger partial charge in [0.05, 0.1) is 0 Å². The second-order valence-corrected chi connectivity index (χ2v) is 12.2. The van der Waals surface area contributed by atoms with Crippen molar-refractivity contribution in [1.29, 1.82) is 0 Å². The molecule has 0 atom stereocenters. The van der Waals surface area contributed by atoms with E-state index < -0.39 is 0 Å². The third-order valence-electron chi connectivity index (χ3n) is 8.39. The predicted octanol–water partition coefficient (Wildman–Crippen LogP) is 12.8. The van der Waals surface area contributed by atoms with Crippen LogP contribution in [0.4, 0.5) is 0 Å². The average Bonchev–Trinajstić information content (AvgIpc) is 3.06. The molecule has 198 valence electrons. The third-order valence-corrected chi connectivity index (χ3v) is 10.1. The molecule has 8 rings (SSSR count). The van der Waals surface area contributed by atoms with Gasteiger partial charge in [0.15, 0.2) is 0 Å². The first-order valence-corrected chi connectivity index (χ1v) is 15.7. The van der Waals surface area contributed by atoms with Gasteiger partial charge >= 0.3 is 0 Å². The number of fused-ring (bicyclic) bond motifs is 4. The summed E-state index contributed by atoms with van der Waals surface area (Å²) in [5, 5.41) is 9.81. The van der Waals surface area contributed by atoms with E-state index in [4.69, 9.17) is 0 Å². The van der Waals surface area contributed by atoms with Crippen LogP contribution in [0.3, 0.4) is 0 Å². The Balaban J connectivity index is 1.70. The first kappa shape index (κ1) is 25.5. The van der Waals surface area contributed by atoms with Crippen molar-refractivity contribution in [2.45, 2.75) is 0 Å². The van der Waals surface area contributed by atoms with Gasteiger partial charge in [0.1, 0.15) is 0 Å². The van der Waals surface area contributed by atoms with Crippen LogP contribution >= 0.6 is 31.9 Å². The van der Waals surface area contributed by atoms with E-state index in [1.54, 1.807) is 0 Å². The molecule has 0 fully saturated rings. The first-order chi connectivity index (χ1) is 20.7. The van der Waals surface area contributed by atoms with Gasteiger partial charge < -0.3 is 0 Å². The van der Waals surface area contributed by atoms with E-state index in [1.807, 2.05) is 0 Å². The molecule has 0 saturated carbocycles. The molecular formula is C40H24Br2. The Labute approximate surface area is 261 Å². The molecule has 2 heteroatoms. The van der Waals surface area contributed by atoms with Crippen LogP contribution in [-0.2, 0) is 0 Å². The normalized spacial score (nSPS) is 11.6. The maximum absolute atomic E-state index is 4.08. The highest BCUT2D eigenvalue weighted by Crippen LogP contribution is 2.52. The number of hydrogen-bond donors (Lipinski definition) is 0. The number of benzene rings is 8. The van der Waals surface area contributed by atoms with Gasteiger partial charge in [-0.2, -0.15) is 0 Å². The molecular weight excluding hydrogens is 640 g/mol. The average molecular weight is 664 g/mol. The fraction of sp³-hybridized carbons (Fsp3) is 0. The highest BCUT2D eigenvalue weighted by atomic mass is 79.9. The van der Waals surface area contributed by atoms with Crippen molar-refractivity contribution in [2.24, 2.45) is 0 Å². The molecule has 0 N–H and O–H groups in total. The van der Waals surface area contributed by atoms with Crippen LogP contribution in [0.25, 0.3) is 76.5 Å². The summed E-state index contributed by atoms with van der Waals surface area (Å²) in [5.74, 6) is 0. The molecule has 0 aliphatic carbocycles. The molecule has 0 heterocycles. The van der Waals surface area contributed by atoms with Crippen molar-refractivity contribution in [1.82, 2.24) is 0 Å². The topological polar surface area (TPSA) is 0 Å². The highest BCUT2D eigenvalue weighted by molar-refractivity contribution is 9.11. The predicted molar refractivity (Wildman–Crippen MR) is 188 cm³/mol. The van der Waals surface area contributed by atoms with Gasteiger partial charge in [0, 0.05) is 8.95 Å². The van der Waals surface area contributed by atoms with Crippen LogP contribution in [0.5, 0.6) is 0 Å². The zero-order valence-corrected chi connectivity index (χ0v) is 25.8. The highest BCUT2D eigenvalue weighted by Gasteiger charge is 2.24. The smallest absolute Gasteiger partial charge is 0.0332 e. The lowest BCUT2D eigenvalue weighted by molar-refractivity contribution is 1.61. The van der Waals surface area contributed by atoms with Crippen molar-refractivity contribution in [2.75, 3.05) is 0 Å².